The Morgan fingerprint density at radius 2 is 1.88 bits per heavy atom. The van der Waals surface area contributed by atoms with E-state index >= 15 is 0 Å². The quantitative estimate of drug-likeness (QED) is 0.828. The summed E-state index contributed by atoms with van der Waals surface area (Å²) in [6, 6.07) is 9.28. The molecule has 0 aromatic heterocycles. The van der Waals surface area contributed by atoms with Crippen molar-refractivity contribution in [3.8, 4) is 0 Å². The summed E-state index contributed by atoms with van der Waals surface area (Å²) in [7, 11) is 3.60. The lowest BCUT2D eigenvalue weighted by Crippen LogP contribution is -2.45. The van der Waals surface area contributed by atoms with Crippen LogP contribution >= 0.6 is 0 Å². The van der Waals surface area contributed by atoms with Crippen molar-refractivity contribution in [1.29, 1.82) is 0 Å². The van der Waals surface area contributed by atoms with E-state index in [1.165, 1.54) is 0 Å². The molecule has 0 bridgehead atoms. The second-order valence-electron chi connectivity index (χ2n) is 4.11. The lowest BCUT2D eigenvalue weighted by Gasteiger charge is -2.27. The number of likely N-dealkylation sites (N-methyl/N-ethyl adjacent to an activating group) is 2. The van der Waals surface area contributed by atoms with Gasteiger partial charge in [0.15, 0.2) is 0 Å². The monoisotopic (exact) mass is 236 g/mol. The van der Waals surface area contributed by atoms with Crippen molar-refractivity contribution in [3.63, 3.8) is 0 Å². The molecule has 1 atom stereocenters. The Hall–Kier alpha value is -1.39. The number of nitrogens with zero attached hydrogens (tertiary/aromatic N) is 2. The van der Waals surface area contributed by atoms with E-state index in [4.69, 9.17) is 5.11 Å². The van der Waals surface area contributed by atoms with Crippen LogP contribution < -0.4 is 4.90 Å². The average molecular weight is 236 g/mol. The molecule has 17 heavy (non-hydrogen) atoms. The van der Waals surface area contributed by atoms with E-state index in [1.807, 2.05) is 49.2 Å². The number of carbonyl (C=O) groups is 1. The summed E-state index contributed by atoms with van der Waals surface area (Å²) in [5, 5.41) is 8.86. The maximum Gasteiger partial charge on any atom is 0.243 e. The fourth-order valence-corrected chi connectivity index (χ4v) is 1.60. The highest BCUT2D eigenvalue weighted by Crippen LogP contribution is 2.13. The smallest absolute Gasteiger partial charge is 0.243 e. The molecule has 0 aliphatic carbocycles. The summed E-state index contributed by atoms with van der Waals surface area (Å²) in [6.45, 7) is 2.40. The number of anilines is 1. The summed E-state index contributed by atoms with van der Waals surface area (Å²) in [4.78, 5) is 15.6. The molecule has 1 rings (SSSR count). The van der Waals surface area contributed by atoms with Gasteiger partial charge in [0.25, 0.3) is 0 Å². The molecule has 1 aromatic carbocycles. The lowest BCUT2D eigenvalue weighted by molar-refractivity contribution is -0.122. The molecule has 0 fully saturated rings. The van der Waals surface area contributed by atoms with Crippen molar-refractivity contribution in [3.05, 3.63) is 30.3 Å². The summed E-state index contributed by atoms with van der Waals surface area (Å²) in [5.41, 5.74) is 0.877. The molecule has 1 unspecified atom stereocenters. The molecular formula is C13H20N2O2. The lowest BCUT2D eigenvalue weighted by atomic mass is 10.2. The van der Waals surface area contributed by atoms with Gasteiger partial charge >= 0.3 is 0 Å². The van der Waals surface area contributed by atoms with Crippen molar-refractivity contribution in [2.24, 2.45) is 0 Å². The minimum absolute atomic E-state index is 0.0205. The number of amides is 1. The van der Waals surface area contributed by atoms with E-state index in [0.29, 0.717) is 6.54 Å². The predicted octanol–water partition coefficient (Wildman–Crippen LogP) is 0.962. The summed E-state index contributed by atoms with van der Waals surface area (Å²) < 4.78 is 0. The number of aliphatic hydroxyl groups is 1. The number of hydrogen-bond donors (Lipinski definition) is 1. The third kappa shape index (κ3) is 3.54. The molecule has 0 heterocycles. The van der Waals surface area contributed by atoms with Gasteiger partial charge in [0.1, 0.15) is 0 Å². The second kappa shape index (κ2) is 6.37. The van der Waals surface area contributed by atoms with Gasteiger partial charge in [-0.1, -0.05) is 18.2 Å². The van der Waals surface area contributed by atoms with Crippen molar-refractivity contribution in [2.75, 3.05) is 32.1 Å². The number of benzene rings is 1. The first kappa shape index (κ1) is 13.7. The maximum absolute atomic E-state index is 12.2. The van der Waals surface area contributed by atoms with E-state index in [0.717, 1.165) is 5.69 Å². The Balaban J connectivity index is 2.70. The number of para-hydroxylation sites is 1. The van der Waals surface area contributed by atoms with Crippen LogP contribution in [-0.4, -0.2) is 49.2 Å². The molecule has 0 saturated heterocycles. The van der Waals surface area contributed by atoms with Gasteiger partial charge in [-0.15, -0.1) is 0 Å². The van der Waals surface area contributed by atoms with Gasteiger partial charge in [0.05, 0.1) is 12.6 Å². The first-order valence-electron chi connectivity index (χ1n) is 5.71. The highest BCUT2D eigenvalue weighted by molar-refractivity contribution is 5.96. The minimum atomic E-state index is -0.243. The highest BCUT2D eigenvalue weighted by atomic mass is 16.3. The largest absolute Gasteiger partial charge is 0.395 e. The summed E-state index contributed by atoms with van der Waals surface area (Å²) in [6.07, 6.45) is 0. The Morgan fingerprint density at radius 1 is 1.29 bits per heavy atom. The predicted molar refractivity (Wildman–Crippen MR) is 69.0 cm³/mol. The number of carbonyl (C=O) groups excluding carboxylic acids is 1. The molecule has 0 spiro atoms. The zero-order valence-corrected chi connectivity index (χ0v) is 10.6. The van der Waals surface area contributed by atoms with E-state index in [-0.39, 0.29) is 18.6 Å². The second-order valence-corrected chi connectivity index (χ2v) is 4.11. The van der Waals surface area contributed by atoms with Gasteiger partial charge < -0.3 is 10.0 Å². The Kier molecular flexibility index (Phi) is 5.12. The number of rotatable bonds is 5. The first-order valence-corrected chi connectivity index (χ1v) is 5.71. The van der Waals surface area contributed by atoms with Crippen molar-refractivity contribution < 1.29 is 9.90 Å². The molecule has 4 heteroatoms. The Labute approximate surface area is 102 Å². The molecule has 0 aliphatic heterocycles. The van der Waals surface area contributed by atoms with E-state index in [1.54, 1.807) is 11.9 Å². The molecule has 1 aromatic rings. The third-order valence-electron chi connectivity index (χ3n) is 2.95. The molecular weight excluding hydrogens is 216 g/mol. The van der Waals surface area contributed by atoms with Crippen LogP contribution in [0.4, 0.5) is 5.69 Å². The van der Waals surface area contributed by atoms with E-state index in [9.17, 15) is 4.79 Å². The number of hydrogen-bond acceptors (Lipinski definition) is 3. The van der Waals surface area contributed by atoms with Gasteiger partial charge in [-0.05, 0) is 26.1 Å². The highest BCUT2D eigenvalue weighted by Gasteiger charge is 2.21. The Bertz CT molecular complexity index is 354. The normalized spacial score (nSPS) is 12.5. The SMILES string of the molecule is CC(C(=O)N(C)c1ccccc1)N(C)CCO. The standard InChI is InChI=1S/C13H20N2O2/c1-11(14(2)9-10-16)13(17)15(3)12-7-5-4-6-8-12/h4-8,11,16H,9-10H2,1-3H3. The molecule has 4 nitrogen and oxygen atoms in total. The van der Waals surface area contributed by atoms with Gasteiger partial charge in [-0.25, -0.2) is 0 Å². The van der Waals surface area contributed by atoms with Gasteiger partial charge in [0.2, 0.25) is 5.91 Å². The van der Waals surface area contributed by atoms with Gasteiger partial charge in [-0.2, -0.15) is 0 Å². The van der Waals surface area contributed by atoms with Crippen LogP contribution in [0.2, 0.25) is 0 Å². The summed E-state index contributed by atoms with van der Waals surface area (Å²) >= 11 is 0. The van der Waals surface area contributed by atoms with E-state index < -0.39 is 0 Å². The van der Waals surface area contributed by atoms with Crippen LogP contribution in [0.15, 0.2) is 30.3 Å². The van der Waals surface area contributed by atoms with Crippen LogP contribution in [0.1, 0.15) is 6.92 Å². The fourth-order valence-electron chi connectivity index (χ4n) is 1.60. The van der Waals surface area contributed by atoms with E-state index in [2.05, 4.69) is 0 Å². The fraction of sp³-hybridized carbons (Fsp3) is 0.462. The van der Waals surface area contributed by atoms with Crippen LogP contribution in [0.5, 0.6) is 0 Å². The van der Waals surface area contributed by atoms with Crippen LogP contribution in [0.25, 0.3) is 0 Å². The van der Waals surface area contributed by atoms with Crippen LogP contribution in [-0.2, 0) is 4.79 Å². The molecule has 94 valence electrons. The van der Waals surface area contributed by atoms with Gasteiger partial charge in [0, 0.05) is 19.3 Å². The average Bonchev–Trinajstić information content (AvgIpc) is 2.37. The Morgan fingerprint density at radius 3 is 2.41 bits per heavy atom. The first-order chi connectivity index (χ1) is 8.07. The zero-order chi connectivity index (χ0) is 12.8. The van der Waals surface area contributed by atoms with Crippen molar-refractivity contribution in [2.45, 2.75) is 13.0 Å². The topological polar surface area (TPSA) is 43.8 Å². The minimum Gasteiger partial charge on any atom is -0.395 e. The van der Waals surface area contributed by atoms with Crippen LogP contribution in [0, 0.1) is 0 Å². The molecule has 1 amide bonds. The van der Waals surface area contributed by atoms with Gasteiger partial charge in [-0.3, -0.25) is 9.69 Å². The van der Waals surface area contributed by atoms with Crippen molar-refractivity contribution in [1.82, 2.24) is 4.90 Å². The number of aliphatic hydroxyl groups excluding tert-OH is 1. The van der Waals surface area contributed by atoms with Crippen LogP contribution in [0.3, 0.4) is 0 Å². The summed E-state index contributed by atoms with van der Waals surface area (Å²) in [5.74, 6) is 0.0205. The molecule has 1 N–H and O–H groups in total. The molecule has 0 aliphatic rings. The molecule has 0 saturated carbocycles. The third-order valence-corrected chi connectivity index (χ3v) is 2.95. The zero-order valence-electron chi connectivity index (χ0n) is 10.6. The molecule has 0 radical (unpaired) electrons. The van der Waals surface area contributed by atoms with Crippen molar-refractivity contribution >= 4 is 11.6 Å². The maximum atomic E-state index is 12.2.